The van der Waals surface area contributed by atoms with E-state index < -0.39 is 17.7 Å². The van der Waals surface area contributed by atoms with E-state index in [4.69, 9.17) is 4.74 Å². The van der Waals surface area contributed by atoms with Gasteiger partial charge in [-0.25, -0.2) is 4.39 Å². The first kappa shape index (κ1) is 16.9. The van der Waals surface area contributed by atoms with Crippen LogP contribution in [0.3, 0.4) is 0 Å². The van der Waals surface area contributed by atoms with Gasteiger partial charge >= 0.3 is 5.97 Å². The molecule has 0 unspecified atom stereocenters. The van der Waals surface area contributed by atoms with Crippen LogP contribution in [0.5, 0.6) is 5.75 Å². The molecule has 7 heteroatoms. The number of nitrogens with zero attached hydrogens (tertiary/aromatic N) is 1. The van der Waals surface area contributed by atoms with Crippen molar-refractivity contribution in [2.45, 2.75) is 6.42 Å². The summed E-state index contributed by atoms with van der Waals surface area (Å²) in [6.07, 6.45) is 0.00202. The minimum Gasteiger partial charge on any atom is -0.507 e. The number of methoxy groups -OCH3 is 2. The van der Waals surface area contributed by atoms with Gasteiger partial charge in [0.05, 0.1) is 25.7 Å². The fourth-order valence-corrected chi connectivity index (χ4v) is 1.69. The summed E-state index contributed by atoms with van der Waals surface area (Å²) in [4.78, 5) is 24.8. The largest absolute Gasteiger partial charge is 0.507 e. The zero-order valence-electron chi connectivity index (χ0n) is 12.0. The molecule has 0 radical (unpaired) electrons. The van der Waals surface area contributed by atoms with Gasteiger partial charge in [0, 0.05) is 20.2 Å². The molecule has 0 heterocycles. The molecule has 0 spiro atoms. The van der Waals surface area contributed by atoms with E-state index in [0.29, 0.717) is 0 Å². The molecule has 1 aromatic rings. The second-order valence-electron chi connectivity index (χ2n) is 4.27. The standard InChI is InChI=1S/C14H18FNO5/c1-20-8-7-16(6-5-13(18)21-2)14(19)11-9-10(15)3-4-12(11)17/h3-4,9,17H,5-8H2,1-2H3. The number of phenolic OH excluding ortho intramolecular Hbond substituents is 1. The van der Waals surface area contributed by atoms with Gasteiger partial charge < -0.3 is 19.5 Å². The van der Waals surface area contributed by atoms with Crippen molar-refractivity contribution in [3.8, 4) is 5.75 Å². The second kappa shape index (κ2) is 8.21. The van der Waals surface area contributed by atoms with Gasteiger partial charge in [-0.15, -0.1) is 0 Å². The number of esters is 1. The van der Waals surface area contributed by atoms with E-state index in [9.17, 15) is 19.1 Å². The Morgan fingerprint density at radius 2 is 2.00 bits per heavy atom. The van der Waals surface area contributed by atoms with Crippen LogP contribution in [0.15, 0.2) is 18.2 Å². The van der Waals surface area contributed by atoms with E-state index >= 15 is 0 Å². The normalized spacial score (nSPS) is 10.2. The Morgan fingerprint density at radius 3 is 2.62 bits per heavy atom. The van der Waals surface area contributed by atoms with Crippen LogP contribution >= 0.6 is 0 Å². The first-order chi connectivity index (χ1) is 9.99. The van der Waals surface area contributed by atoms with Crippen LogP contribution in [0.25, 0.3) is 0 Å². The molecule has 116 valence electrons. The lowest BCUT2D eigenvalue weighted by atomic mass is 10.1. The van der Waals surface area contributed by atoms with Crippen LogP contribution in [-0.2, 0) is 14.3 Å². The Bertz CT molecular complexity index is 506. The van der Waals surface area contributed by atoms with Crippen LogP contribution in [-0.4, -0.2) is 55.8 Å². The highest BCUT2D eigenvalue weighted by Crippen LogP contribution is 2.20. The second-order valence-corrected chi connectivity index (χ2v) is 4.27. The Balaban J connectivity index is 2.87. The summed E-state index contributed by atoms with van der Waals surface area (Å²) >= 11 is 0. The lowest BCUT2D eigenvalue weighted by Crippen LogP contribution is -2.36. The molecule has 0 aliphatic carbocycles. The van der Waals surface area contributed by atoms with Crippen molar-refractivity contribution in [3.05, 3.63) is 29.6 Å². The average molecular weight is 299 g/mol. The number of carbonyl (C=O) groups is 2. The van der Waals surface area contributed by atoms with E-state index in [1.807, 2.05) is 0 Å². The molecule has 1 aromatic carbocycles. The number of amides is 1. The molecule has 0 fully saturated rings. The summed E-state index contributed by atoms with van der Waals surface area (Å²) in [7, 11) is 2.73. The highest BCUT2D eigenvalue weighted by Gasteiger charge is 2.20. The van der Waals surface area contributed by atoms with Gasteiger partial charge in [0.25, 0.3) is 5.91 Å². The SMILES string of the molecule is COCCN(CCC(=O)OC)C(=O)c1cc(F)ccc1O. The molecule has 0 saturated carbocycles. The van der Waals surface area contributed by atoms with E-state index in [1.165, 1.54) is 19.1 Å². The van der Waals surface area contributed by atoms with Gasteiger partial charge in [-0.3, -0.25) is 9.59 Å². The minimum atomic E-state index is -0.629. The first-order valence-corrected chi connectivity index (χ1v) is 6.33. The quantitative estimate of drug-likeness (QED) is 0.765. The van der Waals surface area contributed by atoms with E-state index in [-0.39, 0.29) is 37.4 Å². The van der Waals surface area contributed by atoms with Gasteiger partial charge in [-0.2, -0.15) is 0 Å². The van der Waals surface area contributed by atoms with Gasteiger partial charge in [0.2, 0.25) is 0 Å². The number of benzene rings is 1. The van der Waals surface area contributed by atoms with Crippen molar-refractivity contribution in [2.75, 3.05) is 33.9 Å². The summed E-state index contributed by atoms with van der Waals surface area (Å²) in [6, 6.07) is 3.12. The zero-order valence-corrected chi connectivity index (χ0v) is 12.0. The monoisotopic (exact) mass is 299 g/mol. The fourth-order valence-electron chi connectivity index (χ4n) is 1.69. The van der Waals surface area contributed by atoms with Crippen LogP contribution in [0.1, 0.15) is 16.8 Å². The lowest BCUT2D eigenvalue weighted by Gasteiger charge is -2.22. The summed E-state index contributed by atoms with van der Waals surface area (Å²) in [5.41, 5.74) is -0.157. The van der Waals surface area contributed by atoms with Gasteiger partial charge in [0.15, 0.2) is 0 Å². The maximum absolute atomic E-state index is 13.2. The van der Waals surface area contributed by atoms with Crippen LogP contribution in [0.2, 0.25) is 0 Å². The maximum Gasteiger partial charge on any atom is 0.307 e. The Hall–Kier alpha value is -2.15. The predicted octanol–water partition coefficient (Wildman–Crippen LogP) is 1.18. The number of carbonyl (C=O) groups excluding carboxylic acids is 2. The molecule has 1 rings (SSSR count). The molecule has 6 nitrogen and oxygen atoms in total. The summed E-state index contributed by atoms with van der Waals surface area (Å²) in [6.45, 7) is 0.552. The molecule has 21 heavy (non-hydrogen) atoms. The van der Waals surface area contributed by atoms with Crippen LogP contribution < -0.4 is 0 Å². The highest BCUT2D eigenvalue weighted by molar-refractivity contribution is 5.97. The first-order valence-electron chi connectivity index (χ1n) is 6.33. The molecule has 1 N–H and O–H groups in total. The number of ether oxygens (including phenoxy) is 2. The smallest absolute Gasteiger partial charge is 0.307 e. The number of hydrogen-bond donors (Lipinski definition) is 1. The van der Waals surface area contributed by atoms with Crippen molar-refractivity contribution in [1.29, 1.82) is 0 Å². The summed E-state index contributed by atoms with van der Waals surface area (Å²) in [5.74, 6) is -1.99. The third-order valence-electron chi connectivity index (χ3n) is 2.86. The molecule has 0 aromatic heterocycles. The molecule has 0 saturated heterocycles. The number of phenols is 1. The molecule has 0 atom stereocenters. The molecule has 0 aliphatic rings. The molecular weight excluding hydrogens is 281 g/mol. The topological polar surface area (TPSA) is 76.1 Å². The molecular formula is C14H18FNO5. The number of rotatable bonds is 7. The van der Waals surface area contributed by atoms with Crippen molar-refractivity contribution in [3.63, 3.8) is 0 Å². The fraction of sp³-hybridized carbons (Fsp3) is 0.429. The van der Waals surface area contributed by atoms with Crippen molar-refractivity contribution < 1.29 is 28.6 Å². The summed E-state index contributed by atoms with van der Waals surface area (Å²) in [5, 5.41) is 9.67. The molecule has 0 bridgehead atoms. The van der Waals surface area contributed by atoms with Gasteiger partial charge in [-0.1, -0.05) is 0 Å². The summed E-state index contributed by atoms with van der Waals surface area (Å²) < 4.78 is 22.6. The number of aromatic hydroxyl groups is 1. The van der Waals surface area contributed by atoms with E-state index in [1.54, 1.807) is 0 Å². The zero-order chi connectivity index (χ0) is 15.8. The third kappa shape index (κ3) is 5.03. The van der Waals surface area contributed by atoms with Crippen LogP contribution in [0.4, 0.5) is 4.39 Å². The van der Waals surface area contributed by atoms with E-state index in [2.05, 4.69) is 4.74 Å². The van der Waals surface area contributed by atoms with Crippen molar-refractivity contribution >= 4 is 11.9 Å². The average Bonchev–Trinajstić information content (AvgIpc) is 2.48. The Kier molecular flexibility index (Phi) is 6.61. The van der Waals surface area contributed by atoms with Crippen molar-refractivity contribution in [2.24, 2.45) is 0 Å². The number of hydrogen-bond acceptors (Lipinski definition) is 5. The lowest BCUT2D eigenvalue weighted by molar-refractivity contribution is -0.140. The molecule has 0 aliphatic heterocycles. The van der Waals surface area contributed by atoms with E-state index in [0.717, 1.165) is 18.2 Å². The van der Waals surface area contributed by atoms with Gasteiger partial charge in [0.1, 0.15) is 11.6 Å². The Morgan fingerprint density at radius 1 is 1.29 bits per heavy atom. The molecule has 1 amide bonds. The van der Waals surface area contributed by atoms with Crippen LogP contribution in [0, 0.1) is 5.82 Å². The maximum atomic E-state index is 13.2. The predicted molar refractivity (Wildman–Crippen MR) is 72.5 cm³/mol. The highest BCUT2D eigenvalue weighted by atomic mass is 19.1. The van der Waals surface area contributed by atoms with Crippen molar-refractivity contribution in [1.82, 2.24) is 4.90 Å². The van der Waals surface area contributed by atoms with Gasteiger partial charge in [-0.05, 0) is 18.2 Å². The Labute approximate surface area is 122 Å². The minimum absolute atomic E-state index is 0.00202. The number of halogens is 1. The third-order valence-corrected chi connectivity index (χ3v) is 2.86.